The minimum atomic E-state index is -0.135. The Kier molecular flexibility index (Phi) is 6.17. The molecule has 8 heteroatoms. The highest BCUT2D eigenvalue weighted by Gasteiger charge is 2.28. The molecule has 0 unspecified atom stereocenters. The summed E-state index contributed by atoms with van der Waals surface area (Å²) in [6, 6.07) is -0.135. The van der Waals surface area contributed by atoms with Gasteiger partial charge in [-0.3, -0.25) is 4.79 Å². The highest BCUT2D eigenvalue weighted by molar-refractivity contribution is 7.07. The predicted molar refractivity (Wildman–Crippen MR) is 92.4 cm³/mol. The van der Waals surface area contributed by atoms with Crippen LogP contribution in [0.2, 0.25) is 0 Å². The molecule has 1 aliphatic rings. The number of ether oxygens (including phenoxy) is 2. The molecule has 0 bridgehead atoms. The number of amides is 1. The average Bonchev–Trinajstić information content (AvgIpc) is 3.23. The fourth-order valence-electron chi connectivity index (χ4n) is 2.93. The third kappa shape index (κ3) is 4.87. The van der Waals surface area contributed by atoms with Crippen molar-refractivity contribution < 1.29 is 18.8 Å². The van der Waals surface area contributed by atoms with Crippen molar-refractivity contribution in [1.82, 2.24) is 15.5 Å². The highest BCUT2D eigenvalue weighted by Crippen LogP contribution is 2.16. The summed E-state index contributed by atoms with van der Waals surface area (Å²) in [7, 11) is 0. The van der Waals surface area contributed by atoms with Crippen LogP contribution in [0.5, 0.6) is 0 Å². The SMILES string of the molecule is Cc1noc(C)c1CCC(=O)N[C@@H]1COCC[C@@H]1OCc1cscn1. The van der Waals surface area contributed by atoms with Crippen molar-refractivity contribution in [2.24, 2.45) is 0 Å². The van der Waals surface area contributed by atoms with E-state index in [2.05, 4.69) is 15.5 Å². The van der Waals surface area contributed by atoms with Gasteiger partial charge in [-0.25, -0.2) is 4.98 Å². The molecule has 3 rings (SSSR count). The molecule has 0 saturated carbocycles. The third-order valence-electron chi connectivity index (χ3n) is 4.35. The van der Waals surface area contributed by atoms with Gasteiger partial charge in [0.05, 0.1) is 42.3 Å². The number of nitrogens with zero attached hydrogens (tertiary/aromatic N) is 2. The first-order chi connectivity index (χ1) is 12.1. The van der Waals surface area contributed by atoms with Crippen molar-refractivity contribution in [3.63, 3.8) is 0 Å². The van der Waals surface area contributed by atoms with Crippen LogP contribution in [-0.2, 0) is 27.3 Å². The summed E-state index contributed by atoms with van der Waals surface area (Å²) >= 11 is 1.55. The van der Waals surface area contributed by atoms with Gasteiger partial charge < -0.3 is 19.3 Å². The van der Waals surface area contributed by atoms with Gasteiger partial charge in [-0.15, -0.1) is 11.3 Å². The lowest BCUT2D eigenvalue weighted by molar-refractivity contribution is -0.126. The molecule has 1 saturated heterocycles. The number of hydrogen-bond acceptors (Lipinski definition) is 7. The Morgan fingerprint density at radius 1 is 1.48 bits per heavy atom. The topological polar surface area (TPSA) is 86.5 Å². The third-order valence-corrected chi connectivity index (χ3v) is 4.99. The second-order valence-corrected chi connectivity index (χ2v) is 6.89. The van der Waals surface area contributed by atoms with Crippen molar-refractivity contribution in [3.8, 4) is 0 Å². The number of aromatic nitrogens is 2. The zero-order chi connectivity index (χ0) is 17.6. The van der Waals surface area contributed by atoms with E-state index in [1.54, 1.807) is 16.8 Å². The molecule has 2 aromatic heterocycles. The Bertz CT molecular complexity index is 667. The molecule has 1 N–H and O–H groups in total. The van der Waals surface area contributed by atoms with Gasteiger partial charge in [0.1, 0.15) is 5.76 Å². The fraction of sp³-hybridized carbons (Fsp3) is 0.588. The van der Waals surface area contributed by atoms with Gasteiger partial charge in [-0.1, -0.05) is 5.16 Å². The van der Waals surface area contributed by atoms with Crippen LogP contribution in [0.4, 0.5) is 0 Å². The summed E-state index contributed by atoms with van der Waals surface area (Å²) in [5.41, 5.74) is 4.55. The molecule has 1 aliphatic heterocycles. The van der Waals surface area contributed by atoms with E-state index >= 15 is 0 Å². The quantitative estimate of drug-likeness (QED) is 0.809. The largest absolute Gasteiger partial charge is 0.379 e. The molecule has 7 nitrogen and oxygen atoms in total. The summed E-state index contributed by atoms with van der Waals surface area (Å²) in [4.78, 5) is 16.5. The van der Waals surface area contributed by atoms with E-state index in [1.807, 2.05) is 19.2 Å². The maximum atomic E-state index is 12.3. The van der Waals surface area contributed by atoms with E-state index in [-0.39, 0.29) is 18.1 Å². The lowest BCUT2D eigenvalue weighted by Gasteiger charge is -2.32. The second-order valence-electron chi connectivity index (χ2n) is 6.17. The van der Waals surface area contributed by atoms with E-state index in [0.29, 0.717) is 32.7 Å². The maximum absolute atomic E-state index is 12.3. The molecule has 25 heavy (non-hydrogen) atoms. The van der Waals surface area contributed by atoms with Gasteiger partial charge >= 0.3 is 0 Å². The van der Waals surface area contributed by atoms with Crippen molar-refractivity contribution in [2.75, 3.05) is 13.2 Å². The lowest BCUT2D eigenvalue weighted by Crippen LogP contribution is -2.50. The number of aryl methyl sites for hydroxylation is 2. The number of carbonyl (C=O) groups is 1. The van der Waals surface area contributed by atoms with Crippen LogP contribution in [-0.4, -0.2) is 41.4 Å². The molecule has 136 valence electrons. The number of carbonyl (C=O) groups excluding carboxylic acids is 1. The predicted octanol–water partition coefficient (Wildman–Crippen LogP) is 2.17. The molecule has 2 aromatic rings. The van der Waals surface area contributed by atoms with Crippen molar-refractivity contribution in [3.05, 3.63) is 33.6 Å². The first-order valence-electron chi connectivity index (χ1n) is 8.41. The number of nitrogens with one attached hydrogen (secondary N) is 1. The molecule has 0 radical (unpaired) electrons. The highest BCUT2D eigenvalue weighted by atomic mass is 32.1. The van der Waals surface area contributed by atoms with Gasteiger partial charge in [0.25, 0.3) is 0 Å². The summed E-state index contributed by atoms with van der Waals surface area (Å²) in [5, 5.41) is 8.93. The van der Waals surface area contributed by atoms with Gasteiger partial charge in [0.2, 0.25) is 5.91 Å². The van der Waals surface area contributed by atoms with E-state index in [0.717, 1.165) is 29.1 Å². The van der Waals surface area contributed by atoms with Crippen LogP contribution < -0.4 is 5.32 Å². The molecular weight excluding hydrogens is 342 g/mol. The zero-order valence-electron chi connectivity index (χ0n) is 14.5. The Hall–Kier alpha value is -1.77. The summed E-state index contributed by atoms with van der Waals surface area (Å²) in [6.07, 6.45) is 1.71. The molecule has 1 fully saturated rings. The summed E-state index contributed by atoms with van der Waals surface area (Å²) in [6.45, 7) is 5.33. The molecule has 0 aliphatic carbocycles. The smallest absolute Gasteiger partial charge is 0.220 e. The maximum Gasteiger partial charge on any atom is 0.220 e. The Morgan fingerprint density at radius 3 is 3.08 bits per heavy atom. The van der Waals surface area contributed by atoms with Gasteiger partial charge in [0, 0.05) is 24.0 Å². The second kappa shape index (κ2) is 8.55. The summed E-state index contributed by atoms with van der Waals surface area (Å²) < 4.78 is 16.6. The fourth-order valence-corrected chi connectivity index (χ4v) is 3.47. The monoisotopic (exact) mass is 365 g/mol. The molecule has 0 aromatic carbocycles. The molecule has 3 heterocycles. The van der Waals surface area contributed by atoms with E-state index < -0.39 is 0 Å². The van der Waals surface area contributed by atoms with Crippen LogP contribution in [0.3, 0.4) is 0 Å². The standard InChI is InChI=1S/C17H23N3O4S/c1-11-14(12(2)24-20-11)3-4-17(21)19-15-8-22-6-5-16(15)23-7-13-9-25-10-18-13/h9-10,15-16H,3-8H2,1-2H3,(H,19,21)/t15-,16+/m1/s1. The van der Waals surface area contributed by atoms with Crippen molar-refractivity contribution >= 4 is 17.2 Å². The minimum absolute atomic E-state index is 0.0160. The number of hydrogen-bond donors (Lipinski definition) is 1. The molecule has 1 amide bonds. The van der Waals surface area contributed by atoms with Crippen LogP contribution in [0.25, 0.3) is 0 Å². The summed E-state index contributed by atoms with van der Waals surface area (Å²) in [5.74, 6) is 0.758. The van der Waals surface area contributed by atoms with E-state index in [1.165, 1.54) is 0 Å². The van der Waals surface area contributed by atoms with Crippen LogP contribution in [0, 0.1) is 13.8 Å². The number of rotatable bonds is 7. The van der Waals surface area contributed by atoms with Gasteiger partial charge in [0.15, 0.2) is 0 Å². The normalized spacial score (nSPS) is 20.6. The molecule has 2 atom stereocenters. The lowest BCUT2D eigenvalue weighted by atomic mass is 10.0. The molecular formula is C17H23N3O4S. The van der Waals surface area contributed by atoms with Crippen molar-refractivity contribution in [1.29, 1.82) is 0 Å². The zero-order valence-corrected chi connectivity index (χ0v) is 15.3. The minimum Gasteiger partial charge on any atom is -0.379 e. The number of thiazole rings is 1. The first-order valence-corrected chi connectivity index (χ1v) is 9.35. The van der Waals surface area contributed by atoms with Gasteiger partial charge in [-0.2, -0.15) is 0 Å². The first kappa shape index (κ1) is 18.0. The van der Waals surface area contributed by atoms with Crippen molar-refractivity contribution in [2.45, 2.75) is 51.9 Å². The van der Waals surface area contributed by atoms with Crippen LogP contribution in [0.15, 0.2) is 15.4 Å². The Balaban J connectivity index is 1.49. The molecule has 0 spiro atoms. The van der Waals surface area contributed by atoms with E-state index in [9.17, 15) is 4.79 Å². The average molecular weight is 365 g/mol. The Morgan fingerprint density at radius 2 is 2.36 bits per heavy atom. The van der Waals surface area contributed by atoms with E-state index in [4.69, 9.17) is 14.0 Å². The van der Waals surface area contributed by atoms with Gasteiger partial charge in [-0.05, 0) is 26.7 Å². The van der Waals surface area contributed by atoms with Crippen LogP contribution in [0.1, 0.15) is 35.6 Å². The van der Waals surface area contributed by atoms with Crippen LogP contribution >= 0.6 is 11.3 Å². The Labute approximate surface area is 150 Å².